The van der Waals surface area contributed by atoms with Crippen molar-refractivity contribution in [3.63, 3.8) is 0 Å². The first kappa shape index (κ1) is 13.1. The molecular weight excluding hydrogens is 226 g/mol. The van der Waals surface area contributed by atoms with Crippen molar-refractivity contribution in [3.8, 4) is 0 Å². The van der Waals surface area contributed by atoms with Crippen LogP contribution >= 0.6 is 0 Å². The van der Waals surface area contributed by atoms with Crippen LogP contribution in [0.1, 0.15) is 36.8 Å². The van der Waals surface area contributed by atoms with Gasteiger partial charge < -0.3 is 5.11 Å². The molecule has 0 atom stereocenters. The fourth-order valence-electron chi connectivity index (χ4n) is 2.79. The Balaban J connectivity index is 2.05. The van der Waals surface area contributed by atoms with Gasteiger partial charge in [-0.25, -0.2) is 0 Å². The molecule has 2 rings (SSSR count). The van der Waals surface area contributed by atoms with E-state index >= 15 is 0 Å². The van der Waals surface area contributed by atoms with Gasteiger partial charge in [0.1, 0.15) is 0 Å². The molecule has 1 fully saturated rings. The molecular formula is C15H21NO2. The Morgan fingerprint density at radius 1 is 1.28 bits per heavy atom. The molecule has 0 bridgehead atoms. The summed E-state index contributed by atoms with van der Waals surface area (Å²) in [6.45, 7) is 0.855. The number of carboxylic acids is 1. The second-order valence-corrected chi connectivity index (χ2v) is 5.19. The number of benzene rings is 1. The van der Waals surface area contributed by atoms with Gasteiger partial charge in [0.05, 0.1) is 6.42 Å². The monoisotopic (exact) mass is 247 g/mol. The van der Waals surface area contributed by atoms with Crippen molar-refractivity contribution in [2.45, 2.75) is 44.7 Å². The third-order valence-electron chi connectivity index (χ3n) is 3.83. The van der Waals surface area contributed by atoms with Crippen LogP contribution < -0.4 is 0 Å². The normalized spacial score (nSPS) is 16.3. The fraction of sp³-hybridized carbons (Fsp3) is 0.533. The van der Waals surface area contributed by atoms with Crippen LogP contribution in [0.15, 0.2) is 24.3 Å². The Kier molecular flexibility index (Phi) is 4.37. The minimum absolute atomic E-state index is 0.120. The summed E-state index contributed by atoms with van der Waals surface area (Å²) in [5.41, 5.74) is 2.09. The summed E-state index contributed by atoms with van der Waals surface area (Å²) in [6.07, 6.45) is 5.32. The molecule has 0 spiro atoms. The second-order valence-electron chi connectivity index (χ2n) is 5.19. The zero-order valence-electron chi connectivity index (χ0n) is 10.9. The average molecular weight is 247 g/mol. The molecule has 1 aliphatic rings. The molecule has 0 unspecified atom stereocenters. The molecule has 1 aromatic rings. The first-order valence-corrected chi connectivity index (χ1v) is 6.65. The highest BCUT2D eigenvalue weighted by atomic mass is 16.4. The highest BCUT2D eigenvalue weighted by Gasteiger charge is 2.20. The summed E-state index contributed by atoms with van der Waals surface area (Å²) in [4.78, 5) is 13.2. The second kappa shape index (κ2) is 6.01. The number of nitrogens with zero attached hydrogens (tertiary/aromatic N) is 1. The SMILES string of the molecule is CN(Cc1ccccc1CC(=O)O)C1CCCC1. The number of carbonyl (C=O) groups is 1. The van der Waals surface area contributed by atoms with Crippen molar-refractivity contribution < 1.29 is 9.90 Å². The van der Waals surface area contributed by atoms with Gasteiger partial charge in [-0.3, -0.25) is 9.69 Å². The Labute approximate surface area is 108 Å². The molecule has 1 aromatic carbocycles. The first-order valence-electron chi connectivity index (χ1n) is 6.65. The standard InChI is InChI=1S/C15H21NO2/c1-16(14-8-4-5-9-14)11-13-7-3-2-6-12(13)10-15(17)18/h2-3,6-7,14H,4-5,8-11H2,1H3,(H,17,18). The van der Waals surface area contributed by atoms with E-state index in [-0.39, 0.29) is 6.42 Å². The Morgan fingerprint density at radius 2 is 1.89 bits per heavy atom. The van der Waals surface area contributed by atoms with E-state index in [1.165, 1.54) is 25.7 Å². The molecule has 1 aliphatic carbocycles. The molecule has 0 aromatic heterocycles. The lowest BCUT2D eigenvalue weighted by atomic mass is 10.0. The number of hydrogen-bond acceptors (Lipinski definition) is 2. The summed E-state index contributed by atoms with van der Waals surface area (Å²) < 4.78 is 0. The maximum absolute atomic E-state index is 10.8. The maximum Gasteiger partial charge on any atom is 0.307 e. The predicted octanol–water partition coefficient (Wildman–Crippen LogP) is 2.69. The van der Waals surface area contributed by atoms with Gasteiger partial charge in [0.15, 0.2) is 0 Å². The lowest BCUT2D eigenvalue weighted by molar-refractivity contribution is -0.136. The highest BCUT2D eigenvalue weighted by Crippen LogP contribution is 2.24. The maximum atomic E-state index is 10.8. The number of rotatable bonds is 5. The van der Waals surface area contributed by atoms with Crippen LogP contribution in [-0.2, 0) is 17.8 Å². The van der Waals surface area contributed by atoms with Crippen LogP contribution in [0.4, 0.5) is 0 Å². The largest absolute Gasteiger partial charge is 0.481 e. The van der Waals surface area contributed by atoms with Crippen molar-refractivity contribution in [2.75, 3.05) is 7.05 Å². The molecule has 18 heavy (non-hydrogen) atoms. The van der Waals surface area contributed by atoms with E-state index < -0.39 is 5.97 Å². The summed E-state index contributed by atoms with van der Waals surface area (Å²) >= 11 is 0. The average Bonchev–Trinajstić information content (AvgIpc) is 2.84. The van der Waals surface area contributed by atoms with Gasteiger partial charge in [0.2, 0.25) is 0 Å². The van der Waals surface area contributed by atoms with E-state index in [1.807, 2.05) is 24.3 Å². The van der Waals surface area contributed by atoms with E-state index in [1.54, 1.807) is 0 Å². The van der Waals surface area contributed by atoms with E-state index in [2.05, 4.69) is 11.9 Å². The van der Waals surface area contributed by atoms with Crippen molar-refractivity contribution in [2.24, 2.45) is 0 Å². The smallest absolute Gasteiger partial charge is 0.307 e. The lowest BCUT2D eigenvalue weighted by Crippen LogP contribution is -2.29. The van der Waals surface area contributed by atoms with E-state index in [0.29, 0.717) is 6.04 Å². The molecule has 3 nitrogen and oxygen atoms in total. The molecule has 98 valence electrons. The number of carboxylic acid groups (broad SMARTS) is 1. The molecule has 3 heteroatoms. The first-order chi connectivity index (χ1) is 8.66. The Morgan fingerprint density at radius 3 is 2.50 bits per heavy atom. The van der Waals surface area contributed by atoms with Crippen molar-refractivity contribution in [1.29, 1.82) is 0 Å². The number of aliphatic carboxylic acids is 1. The minimum Gasteiger partial charge on any atom is -0.481 e. The fourth-order valence-corrected chi connectivity index (χ4v) is 2.79. The van der Waals surface area contributed by atoms with Crippen molar-refractivity contribution >= 4 is 5.97 Å². The van der Waals surface area contributed by atoms with Crippen molar-refractivity contribution in [1.82, 2.24) is 4.90 Å². The third kappa shape index (κ3) is 3.33. The Hall–Kier alpha value is -1.35. The zero-order chi connectivity index (χ0) is 13.0. The van der Waals surface area contributed by atoms with E-state index in [9.17, 15) is 4.79 Å². The highest BCUT2D eigenvalue weighted by molar-refractivity contribution is 5.70. The van der Waals surface area contributed by atoms with E-state index in [4.69, 9.17) is 5.11 Å². The predicted molar refractivity (Wildman–Crippen MR) is 71.5 cm³/mol. The van der Waals surface area contributed by atoms with Gasteiger partial charge in [0, 0.05) is 12.6 Å². The van der Waals surface area contributed by atoms with Gasteiger partial charge in [-0.15, -0.1) is 0 Å². The van der Waals surface area contributed by atoms with Gasteiger partial charge in [-0.1, -0.05) is 37.1 Å². The Bertz CT molecular complexity index is 411. The number of hydrogen-bond donors (Lipinski definition) is 1. The minimum atomic E-state index is -0.758. The molecule has 1 saturated carbocycles. The zero-order valence-corrected chi connectivity index (χ0v) is 10.9. The topological polar surface area (TPSA) is 40.5 Å². The lowest BCUT2D eigenvalue weighted by Gasteiger charge is -2.25. The summed E-state index contributed by atoms with van der Waals surface area (Å²) in [7, 11) is 2.15. The molecule has 0 radical (unpaired) electrons. The molecule has 1 N–H and O–H groups in total. The third-order valence-corrected chi connectivity index (χ3v) is 3.83. The molecule has 0 heterocycles. The van der Waals surface area contributed by atoms with Gasteiger partial charge in [-0.05, 0) is 31.0 Å². The van der Waals surface area contributed by atoms with E-state index in [0.717, 1.165) is 17.7 Å². The summed E-state index contributed by atoms with van der Waals surface area (Å²) in [5.74, 6) is -0.758. The van der Waals surface area contributed by atoms with Crippen LogP contribution in [0.5, 0.6) is 0 Å². The van der Waals surface area contributed by atoms with Crippen LogP contribution in [0.2, 0.25) is 0 Å². The molecule has 0 saturated heterocycles. The summed E-state index contributed by atoms with van der Waals surface area (Å²) in [5, 5.41) is 8.92. The summed E-state index contributed by atoms with van der Waals surface area (Å²) in [6, 6.07) is 8.54. The van der Waals surface area contributed by atoms with Gasteiger partial charge in [-0.2, -0.15) is 0 Å². The molecule has 0 aliphatic heterocycles. The van der Waals surface area contributed by atoms with Gasteiger partial charge in [0.25, 0.3) is 0 Å². The van der Waals surface area contributed by atoms with Crippen LogP contribution in [0.3, 0.4) is 0 Å². The van der Waals surface area contributed by atoms with Gasteiger partial charge >= 0.3 is 5.97 Å². The van der Waals surface area contributed by atoms with Crippen molar-refractivity contribution in [3.05, 3.63) is 35.4 Å². The molecule has 0 amide bonds. The quantitative estimate of drug-likeness (QED) is 0.869. The van der Waals surface area contributed by atoms with Crippen LogP contribution in [-0.4, -0.2) is 29.1 Å². The van der Waals surface area contributed by atoms with Crippen LogP contribution in [0, 0.1) is 0 Å². The van der Waals surface area contributed by atoms with Crippen LogP contribution in [0.25, 0.3) is 0 Å².